The van der Waals surface area contributed by atoms with Gasteiger partial charge in [-0.15, -0.1) is 0 Å². The number of nitrogens with zero attached hydrogens (tertiary/aromatic N) is 5. The number of carbonyl (C=O) groups is 1. The van der Waals surface area contributed by atoms with Crippen LogP contribution in [0.5, 0.6) is 5.88 Å². The number of nitrogens with one attached hydrogen (secondary N) is 1. The number of carbonyl (C=O) groups excluding carboxylic acids is 1. The Morgan fingerprint density at radius 3 is 2.78 bits per heavy atom. The fraction of sp³-hybridized carbons (Fsp3) is 0.423. The number of aromatic nitrogens is 4. The van der Waals surface area contributed by atoms with Gasteiger partial charge in [-0.05, 0) is 50.8 Å². The molecule has 6 rings (SSSR count). The molecule has 1 aliphatic heterocycles. The van der Waals surface area contributed by atoms with E-state index < -0.39 is 5.91 Å². The number of hydrogen-bond donors (Lipinski definition) is 1. The second kappa shape index (κ2) is 10.4. The van der Waals surface area contributed by atoms with Crippen molar-refractivity contribution in [1.29, 1.82) is 0 Å². The van der Waals surface area contributed by atoms with Crippen molar-refractivity contribution in [3.05, 3.63) is 42.0 Å². The molecule has 0 atom stereocenters. The third kappa shape index (κ3) is 5.28. The lowest BCUT2D eigenvalue weighted by Gasteiger charge is -2.25. The van der Waals surface area contributed by atoms with Crippen LogP contribution in [-0.4, -0.2) is 58.3 Å². The van der Waals surface area contributed by atoms with Gasteiger partial charge in [0.05, 0.1) is 17.9 Å². The summed E-state index contributed by atoms with van der Waals surface area (Å²) in [6.45, 7) is 4.83. The summed E-state index contributed by atoms with van der Waals surface area (Å²) in [5.74, 6) is 0.355. The fourth-order valence-corrected chi connectivity index (χ4v) is 5.62. The average molecular weight is 521 g/mol. The molecule has 1 aliphatic carbocycles. The van der Waals surface area contributed by atoms with Crippen molar-refractivity contribution in [3.8, 4) is 17.3 Å². The average Bonchev–Trinajstić information content (AvgIpc) is 3.58. The fourth-order valence-electron chi connectivity index (χ4n) is 4.62. The third-order valence-electron chi connectivity index (χ3n) is 6.58. The molecule has 1 saturated heterocycles. The van der Waals surface area contributed by atoms with Crippen LogP contribution in [0.25, 0.3) is 21.8 Å². The molecule has 37 heavy (non-hydrogen) atoms. The Morgan fingerprint density at radius 1 is 1.14 bits per heavy atom. The summed E-state index contributed by atoms with van der Waals surface area (Å²) in [4.78, 5) is 33.5. The van der Waals surface area contributed by atoms with Crippen LogP contribution >= 0.6 is 11.3 Å². The molecule has 4 aromatic heterocycles. The first-order chi connectivity index (χ1) is 18.1. The van der Waals surface area contributed by atoms with Crippen molar-refractivity contribution in [2.24, 2.45) is 0 Å². The molecular formula is C26H28N6O4S. The Bertz CT molecular complexity index is 1410. The van der Waals surface area contributed by atoms with Crippen LogP contribution in [0.2, 0.25) is 0 Å². The summed E-state index contributed by atoms with van der Waals surface area (Å²) in [7, 11) is 0. The Kier molecular flexibility index (Phi) is 6.71. The molecule has 0 spiro atoms. The third-order valence-corrected chi connectivity index (χ3v) is 7.63. The first kappa shape index (κ1) is 23.8. The van der Waals surface area contributed by atoms with Crippen LogP contribution in [-0.2, 0) is 4.74 Å². The zero-order chi connectivity index (χ0) is 25.2. The van der Waals surface area contributed by atoms with Crippen LogP contribution < -0.4 is 15.0 Å². The number of aryl methyl sites for hydroxylation is 1. The summed E-state index contributed by atoms with van der Waals surface area (Å²) in [6.07, 6.45) is 8.53. The van der Waals surface area contributed by atoms with E-state index in [0.717, 1.165) is 59.9 Å². The largest absolute Gasteiger partial charge is 0.473 e. The summed E-state index contributed by atoms with van der Waals surface area (Å²) in [5, 5.41) is 3.85. The minimum absolute atomic E-state index is 0.0697. The number of rotatable bonds is 6. The van der Waals surface area contributed by atoms with Crippen molar-refractivity contribution in [2.75, 3.05) is 36.5 Å². The first-order valence-electron chi connectivity index (χ1n) is 12.6. The molecule has 0 unspecified atom stereocenters. The molecule has 10 nitrogen and oxygen atoms in total. The Hall–Kier alpha value is -3.57. The highest BCUT2D eigenvalue weighted by molar-refractivity contribution is 7.22. The highest BCUT2D eigenvalue weighted by Gasteiger charge is 2.23. The standard InChI is InChI=1S/C26H28N6O4S/c1-16-13-17(7-8-27-16)24-29-20(15-35-24)23(33)28-19-14-21-22(30-25(19)36-18-5-3-2-4-6-18)31-26(37-21)32-9-11-34-12-10-32/h7-8,13-15,18H,2-6,9-12H2,1H3,(H,28,33). The Morgan fingerprint density at radius 2 is 1.97 bits per heavy atom. The number of thiazole rings is 1. The molecular weight excluding hydrogens is 492 g/mol. The van der Waals surface area contributed by atoms with Gasteiger partial charge in [0.2, 0.25) is 11.8 Å². The number of anilines is 2. The van der Waals surface area contributed by atoms with Crippen molar-refractivity contribution in [1.82, 2.24) is 19.9 Å². The summed E-state index contributed by atoms with van der Waals surface area (Å²) in [6, 6.07) is 5.55. The van der Waals surface area contributed by atoms with E-state index in [1.165, 1.54) is 12.7 Å². The molecule has 2 fully saturated rings. The quantitative estimate of drug-likeness (QED) is 0.381. The zero-order valence-corrected chi connectivity index (χ0v) is 21.4. The van der Waals surface area contributed by atoms with E-state index in [2.05, 4.69) is 20.2 Å². The van der Waals surface area contributed by atoms with E-state index in [4.69, 9.17) is 23.9 Å². The van der Waals surface area contributed by atoms with Gasteiger partial charge in [0.15, 0.2) is 16.5 Å². The molecule has 0 radical (unpaired) electrons. The van der Waals surface area contributed by atoms with Crippen LogP contribution in [0.1, 0.15) is 48.3 Å². The van der Waals surface area contributed by atoms with Crippen LogP contribution in [0.3, 0.4) is 0 Å². The number of oxazole rings is 1. The molecule has 1 N–H and O–H groups in total. The Balaban J connectivity index is 1.29. The minimum Gasteiger partial charge on any atom is -0.473 e. The smallest absolute Gasteiger partial charge is 0.277 e. The van der Waals surface area contributed by atoms with Crippen molar-refractivity contribution in [3.63, 3.8) is 0 Å². The summed E-state index contributed by atoms with van der Waals surface area (Å²) < 4.78 is 18.3. The second-order valence-electron chi connectivity index (χ2n) is 9.31. The van der Waals surface area contributed by atoms with E-state index in [-0.39, 0.29) is 11.8 Å². The van der Waals surface area contributed by atoms with Crippen LogP contribution in [0.4, 0.5) is 10.8 Å². The Labute approximate surface area is 218 Å². The lowest BCUT2D eigenvalue weighted by molar-refractivity contribution is 0.102. The van der Waals surface area contributed by atoms with Crippen molar-refractivity contribution >= 4 is 38.4 Å². The molecule has 2 aliphatic rings. The first-order valence-corrected chi connectivity index (χ1v) is 13.4. The topological polar surface area (TPSA) is 116 Å². The van der Waals surface area contributed by atoms with Gasteiger partial charge in [-0.1, -0.05) is 17.8 Å². The maximum atomic E-state index is 13.2. The van der Waals surface area contributed by atoms with Gasteiger partial charge < -0.3 is 24.1 Å². The van der Waals surface area contributed by atoms with Crippen molar-refractivity contribution in [2.45, 2.75) is 45.1 Å². The van der Waals surface area contributed by atoms with E-state index in [1.54, 1.807) is 23.6 Å². The predicted molar refractivity (Wildman–Crippen MR) is 140 cm³/mol. The molecule has 0 bridgehead atoms. The highest BCUT2D eigenvalue weighted by Crippen LogP contribution is 2.36. The molecule has 1 amide bonds. The molecule has 5 heterocycles. The van der Waals surface area contributed by atoms with Gasteiger partial charge >= 0.3 is 0 Å². The number of morpholine rings is 1. The molecule has 11 heteroatoms. The maximum Gasteiger partial charge on any atom is 0.277 e. The van der Waals surface area contributed by atoms with Gasteiger partial charge in [0, 0.05) is 30.5 Å². The van der Waals surface area contributed by atoms with E-state index >= 15 is 0 Å². The number of fused-ring (bicyclic) bond motifs is 1. The van der Waals surface area contributed by atoms with E-state index in [9.17, 15) is 4.79 Å². The van der Waals surface area contributed by atoms with Crippen LogP contribution in [0, 0.1) is 6.92 Å². The monoisotopic (exact) mass is 520 g/mol. The molecule has 4 aromatic rings. The zero-order valence-electron chi connectivity index (χ0n) is 20.6. The van der Waals surface area contributed by atoms with E-state index in [0.29, 0.717) is 36.3 Å². The number of amides is 1. The van der Waals surface area contributed by atoms with Gasteiger partial charge in [0.1, 0.15) is 18.1 Å². The lowest BCUT2D eigenvalue weighted by Crippen LogP contribution is -2.36. The highest BCUT2D eigenvalue weighted by atomic mass is 32.1. The normalized spacial score (nSPS) is 16.7. The second-order valence-corrected chi connectivity index (χ2v) is 10.3. The van der Waals surface area contributed by atoms with Gasteiger partial charge in [-0.25, -0.2) is 4.98 Å². The maximum absolute atomic E-state index is 13.2. The lowest BCUT2D eigenvalue weighted by atomic mass is 9.98. The number of ether oxygens (including phenoxy) is 2. The predicted octanol–water partition coefficient (Wildman–Crippen LogP) is 4.85. The van der Waals surface area contributed by atoms with Gasteiger partial charge in [-0.3, -0.25) is 9.78 Å². The van der Waals surface area contributed by atoms with Gasteiger partial charge in [-0.2, -0.15) is 9.97 Å². The van der Waals surface area contributed by atoms with E-state index in [1.807, 2.05) is 19.1 Å². The van der Waals surface area contributed by atoms with Crippen LogP contribution in [0.15, 0.2) is 35.1 Å². The molecule has 192 valence electrons. The molecule has 1 saturated carbocycles. The summed E-state index contributed by atoms with van der Waals surface area (Å²) >= 11 is 1.55. The number of pyridine rings is 2. The minimum atomic E-state index is -0.395. The van der Waals surface area contributed by atoms with Gasteiger partial charge in [0.25, 0.3) is 5.91 Å². The molecule has 0 aromatic carbocycles. The number of hydrogen-bond acceptors (Lipinski definition) is 10. The summed E-state index contributed by atoms with van der Waals surface area (Å²) in [5.41, 5.74) is 2.89. The van der Waals surface area contributed by atoms with Crippen molar-refractivity contribution < 1.29 is 18.7 Å². The SMILES string of the molecule is Cc1cc(-c2nc(C(=O)Nc3cc4sc(N5CCOCC5)nc4nc3OC3CCCCC3)co2)ccn1.